The van der Waals surface area contributed by atoms with Crippen LogP contribution in [0.25, 0.3) is 0 Å². The molecule has 0 aliphatic rings. The molecule has 19 heavy (non-hydrogen) atoms. The smallest absolute Gasteiger partial charge is 0.370 e. The second-order valence-electron chi connectivity index (χ2n) is 4.85. The van der Waals surface area contributed by atoms with Crippen LogP contribution in [0.5, 0.6) is 0 Å². The first-order chi connectivity index (χ1) is 8.78. The summed E-state index contributed by atoms with van der Waals surface area (Å²) in [6.45, 7) is 3.34. The monoisotopic (exact) mass is 280 g/mol. The molecule has 0 aromatic carbocycles. The molecule has 0 aliphatic carbocycles. The molecule has 0 bridgehead atoms. The Bertz CT molecular complexity index is 378. The quantitative estimate of drug-likeness (QED) is 0.819. The van der Waals surface area contributed by atoms with Gasteiger partial charge in [0.25, 0.3) is 0 Å². The predicted molar refractivity (Wildman–Crippen MR) is 63.4 cm³/mol. The molecule has 2 N–H and O–H groups in total. The van der Waals surface area contributed by atoms with E-state index in [2.05, 4.69) is 14.8 Å². The van der Waals surface area contributed by atoms with E-state index in [0.717, 1.165) is 0 Å². The maximum Gasteiger partial charge on any atom is 0.411 e. The van der Waals surface area contributed by atoms with Crippen molar-refractivity contribution in [1.29, 1.82) is 0 Å². The topological polar surface area (TPSA) is 66.0 Å². The summed E-state index contributed by atoms with van der Waals surface area (Å²) >= 11 is 0. The van der Waals surface area contributed by atoms with Crippen molar-refractivity contribution in [3.8, 4) is 0 Å². The SMILES string of the molecule is CC(C)Cn1ncnc1CC(N)COCC(F)(F)F. The lowest BCUT2D eigenvalue weighted by atomic mass is 10.2. The fourth-order valence-electron chi connectivity index (χ4n) is 1.56. The van der Waals surface area contributed by atoms with Gasteiger partial charge in [0.2, 0.25) is 0 Å². The number of hydrogen-bond donors (Lipinski definition) is 1. The molecule has 0 spiro atoms. The van der Waals surface area contributed by atoms with Gasteiger partial charge in [-0.3, -0.25) is 0 Å². The van der Waals surface area contributed by atoms with Gasteiger partial charge >= 0.3 is 6.18 Å². The third-order valence-corrected chi connectivity index (χ3v) is 2.28. The highest BCUT2D eigenvalue weighted by Crippen LogP contribution is 2.14. The van der Waals surface area contributed by atoms with Crippen molar-refractivity contribution < 1.29 is 17.9 Å². The van der Waals surface area contributed by atoms with Crippen LogP contribution in [0.15, 0.2) is 6.33 Å². The number of nitrogens with zero attached hydrogens (tertiary/aromatic N) is 3. The molecule has 1 rings (SSSR count). The first kappa shape index (κ1) is 15.9. The molecular formula is C11H19F3N4O. The molecule has 0 radical (unpaired) electrons. The van der Waals surface area contributed by atoms with Gasteiger partial charge in [0.15, 0.2) is 0 Å². The molecule has 110 valence electrons. The maximum atomic E-state index is 11.9. The summed E-state index contributed by atoms with van der Waals surface area (Å²) < 4.78 is 41.9. The average Bonchev–Trinajstić information content (AvgIpc) is 2.62. The maximum absolute atomic E-state index is 11.9. The van der Waals surface area contributed by atoms with Gasteiger partial charge in [-0.25, -0.2) is 9.67 Å². The van der Waals surface area contributed by atoms with E-state index >= 15 is 0 Å². The van der Waals surface area contributed by atoms with Crippen LogP contribution in [-0.2, 0) is 17.7 Å². The van der Waals surface area contributed by atoms with Crippen molar-refractivity contribution in [2.24, 2.45) is 11.7 Å². The normalized spacial score (nSPS) is 14.1. The standard InChI is InChI=1S/C11H19F3N4O/c1-8(2)4-18-10(16-7-17-18)3-9(15)5-19-6-11(12,13)14/h7-9H,3-6,15H2,1-2H3. The van der Waals surface area contributed by atoms with Crippen molar-refractivity contribution in [3.05, 3.63) is 12.2 Å². The zero-order valence-electron chi connectivity index (χ0n) is 11.0. The van der Waals surface area contributed by atoms with E-state index in [0.29, 0.717) is 24.7 Å². The zero-order valence-corrected chi connectivity index (χ0v) is 11.0. The molecule has 1 atom stereocenters. The number of hydrogen-bond acceptors (Lipinski definition) is 4. The Morgan fingerprint density at radius 2 is 2.11 bits per heavy atom. The van der Waals surface area contributed by atoms with Crippen LogP contribution in [0.4, 0.5) is 13.2 Å². The molecule has 0 saturated heterocycles. The van der Waals surface area contributed by atoms with Crippen molar-refractivity contribution in [1.82, 2.24) is 14.8 Å². The molecule has 1 unspecified atom stereocenters. The predicted octanol–water partition coefficient (Wildman–Crippen LogP) is 1.38. The Morgan fingerprint density at radius 1 is 1.42 bits per heavy atom. The van der Waals surface area contributed by atoms with Crippen molar-refractivity contribution in [2.75, 3.05) is 13.2 Å². The number of halogens is 3. The minimum atomic E-state index is -4.32. The molecule has 5 nitrogen and oxygen atoms in total. The molecular weight excluding hydrogens is 261 g/mol. The first-order valence-corrected chi connectivity index (χ1v) is 6.04. The van der Waals surface area contributed by atoms with Gasteiger partial charge in [-0.15, -0.1) is 0 Å². The fraction of sp³-hybridized carbons (Fsp3) is 0.818. The average molecular weight is 280 g/mol. The Morgan fingerprint density at radius 3 is 2.68 bits per heavy atom. The number of rotatable bonds is 7. The second kappa shape index (κ2) is 6.85. The highest BCUT2D eigenvalue weighted by Gasteiger charge is 2.27. The molecule has 0 fully saturated rings. The summed E-state index contributed by atoms with van der Waals surface area (Å²) in [6.07, 6.45) is -2.57. The van der Waals surface area contributed by atoms with Gasteiger partial charge < -0.3 is 10.5 Å². The van der Waals surface area contributed by atoms with Gasteiger partial charge in [0.1, 0.15) is 18.8 Å². The summed E-state index contributed by atoms with van der Waals surface area (Å²) in [5.41, 5.74) is 5.72. The Hall–Kier alpha value is -1.15. The van der Waals surface area contributed by atoms with Crippen molar-refractivity contribution >= 4 is 0 Å². The molecule has 0 saturated carbocycles. The summed E-state index contributed by atoms with van der Waals surface area (Å²) in [4.78, 5) is 4.06. The van der Waals surface area contributed by atoms with E-state index in [1.807, 2.05) is 13.8 Å². The minimum absolute atomic E-state index is 0.159. The van der Waals surface area contributed by atoms with Crippen LogP contribution in [0.2, 0.25) is 0 Å². The Labute approximate surface area is 109 Å². The van der Waals surface area contributed by atoms with Gasteiger partial charge in [-0.1, -0.05) is 13.8 Å². The highest BCUT2D eigenvalue weighted by molar-refractivity contribution is 4.89. The molecule has 1 aromatic heterocycles. The zero-order chi connectivity index (χ0) is 14.5. The number of aromatic nitrogens is 3. The lowest BCUT2D eigenvalue weighted by Crippen LogP contribution is -2.32. The summed E-state index contributed by atoms with van der Waals surface area (Å²) in [6, 6.07) is -0.530. The van der Waals surface area contributed by atoms with Crippen LogP contribution >= 0.6 is 0 Å². The third kappa shape index (κ3) is 6.53. The second-order valence-corrected chi connectivity index (χ2v) is 4.85. The largest absolute Gasteiger partial charge is 0.411 e. The number of nitrogens with two attached hydrogens (primary N) is 1. The summed E-state index contributed by atoms with van der Waals surface area (Å²) in [7, 11) is 0. The van der Waals surface area contributed by atoms with Crippen LogP contribution in [0.1, 0.15) is 19.7 Å². The van der Waals surface area contributed by atoms with E-state index in [4.69, 9.17) is 5.73 Å². The van der Waals surface area contributed by atoms with Gasteiger partial charge in [-0.05, 0) is 5.92 Å². The first-order valence-electron chi connectivity index (χ1n) is 6.04. The van der Waals surface area contributed by atoms with E-state index in [1.54, 1.807) is 4.68 Å². The van der Waals surface area contributed by atoms with Crippen LogP contribution in [0.3, 0.4) is 0 Å². The van der Waals surface area contributed by atoms with Gasteiger partial charge in [0.05, 0.1) is 6.61 Å². The van der Waals surface area contributed by atoms with Crippen molar-refractivity contribution in [3.63, 3.8) is 0 Å². The Balaban J connectivity index is 2.40. The van der Waals surface area contributed by atoms with Crippen LogP contribution in [0, 0.1) is 5.92 Å². The Kier molecular flexibility index (Phi) is 5.74. The molecule has 1 heterocycles. The van der Waals surface area contributed by atoms with E-state index in [-0.39, 0.29) is 6.61 Å². The summed E-state index contributed by atoms with van der Waals surface area (Å²) in [5.74, 6) is 1.06. The van der Waals surface area contributed by atoms with E-state index in [1.165, 1.54) is 6.33 Å². The van der Waals surface area contributed by atoms with Gasteiger partial charge in [-0.2, -0.15) is 18.3 Å². The van der Waals surface area contributed by atoms with E-state index in [9.17, 15) is 13.2 Å². The lowest BCUT2D eigenvalue weighted by Gasteiger charge is -2.14. The lowest BCUT2D eigenvalue weighted by molar-refractivity contribution is -0.174. The fourth-order valence-corrected chi connectivity index (χ4v) is 1.56. The number of alkyl halides is 3. The van der Waals surface area contributed by atoms with Crippen LogP contribution < -0.4 is 5.73 Å². The van der Waals surface area contributed by atoms with E-state index < -0.39 is 18.8 Å². The highest BCUT2D eigenvalue weighted by atomic mass is 19.4. The van der Waals surface area contributed by atoms with Crippen LogP contribution in [-0.4, -0.2) is 40.2 Å². The number of ether oxygens (including phenoxy) is 1. The molecule has 0 aliphatic heterocycles. The summed E-state index contributed by atoms with van der Waals surface area (Å²) in [5, 5.41) is 4.06. The molecule has 0 amide bonds. The minimum Gasteiger partial charge on any atom is -0.370 e. The molecule has 1 aromatic rings. The third-order valence-electron chi connectivity index (χ3n) is 2.28. The van der Waals surface area contributed by atoms with Crippen molar-refractivity contribution in [2.45, 2.75) is 39.0 Å². The van der Waals surface area contributed by atoms with Gasteiger partial charge in [0, 0.05) is 19.0 Å². The molecule has 8 heteroatoms.